The highest BCUT2D eigenvalue weighted by Gasteiger charge is 2.15. The van der Waals surface area contributed by atoms with Crippen molar-refractivity contribution in [2.24, 2.45) is 0 Å². The van der Waals surface area contributed by atoms with Gasteiger partial charge in [0.2, 0.25) is 0 Å². The molecule has 0 aliphatic heterocycles. The summed E-state index contributed by atoms with van der Waals surface area (Å²) in [6.07, 6.45) is 0. The van der Waals surface area contributed by atoms with Crippen LogP contribution in [0.25, 0.3) is 11.0 Å². The van der Waals surface area contributed by atoms with Crippen LogP contribution >= 0.6 is 34.9 Å². The summed E-state index contributed by atoms with van der Waals surface area (Å²) < 4.78 is 35.0. The standard InChI is InChI=1S/C13H7Cl2F2N3S/c14-7-4-8(15)12-13(20-21-19-12)11(7)18-5-6-2-1-3-9(16)10(6)17/h1-4,18H,5H2. The quantitative estimate of drug-likeness (QED) is 0.734. The minimum Gasteiger partial charge on any atom is -0.378 e. The van der Waals surface area contributed by atoms with E-state index in [1.807, 2.05) is 0 Å². The van der Waals surface area contributed by atoms with Crippen LogP contribution in [0.15, 0.2) is 24.3 Å². The van der Waals surface area contributed by atoms with Gasteiger partial charge in [-0.25, -0.2) is 8.78 Å². The first kappa shape index (κ1) is 14.4. The summed E-state index contributed by atoms with van der Waals surface area (Å²) in [5.41, 5.74) is 1.72. The molecule has 0 atom stereocenters. The maximum atomic E-state index is 13.6. The molecule has 0 radical (unpaired) electrons. The summed E-state index contributed by atoms with van der Waals surface area (Å²) in [6.45, 7) is 0.0670. The Labute approximate surface area is 132 Å². The fourth-order valence-electron chi connectivity index (χ4n) is 1.91. The average Bonchev–Trinajstić information content (AvgIpc) is 2.92. The minimum atomic E-state index is -0.892. The van der Waals surface area contributed by atoms with Crippen LogP contribution in [0.5, 0.6) is 0 Å². The fourth-order valence-corrected chi connectivity index (χ4v) is 3.09. The predicted molar refractivity (Wildman–Crippen MR) is 81.1 cm³/mol. The van der Waals surface area contributed by atoms with E-state index < -0.39 is 11.6 Å². The monoisotopic (exact) mass is 345 g/mol. The normalized spacial score (nSPS) is 11.0. The number of nitrogens with zero attached hydrogens (tertiary/aromatic N) is 2. The summed E-state index contributed by atoms with van der Waals surface area (Å²) in [5, 5.41) is 3.70. The highest BCUT2D eigenvalue weighted by Crippen LogP contribution is 2.35. The zero-order valence-electron chi connectivity index (χ0n) is 10.3. The molecule has 0 saturated heterocycles. The summed E-state index contributed by atoms with van der Waals surface area (Å²) in [6, 6.07) is 5.54. The Balaban J connectivity index is 1.95. The number of benzene rings is 2. The van der Waals surface area contributed by atoms with Crippen LogP contribution < -0.4 is 5.32 Å². The maximum Gasteiger partial charge on any atom is 0.163 e. The molecular formula is C13H7Cl2F2N3S. The lowest BCUT2D eigenvalue weighted by atomic mass is 10.2. The molecule has 0 fully saturated rings. The van der Waals surface area contributed by atoms with Gasteiger partial charge in [-0.2, -0.15) is 8.75 Å². The van der Waals surface area contributed by atoms with Crippen LogP contribution in [0.3, 0.4) is 0 Å². The highest BCUT2D eigenvalue weighted by atomic mass is 35.5. The summed E-state index contributed by atoms with van der Waals surface area (Å²) in [4.78, 5) is 0. The molecule has 2 aromatic carbocycles. The SMILES string of the molecule is Fc1cccc(CNc2c(Cl)cc(Cl)c3nsnc23)c1F. The predicted octanol–water partition coefficient (Wildman–Crippen LogP) is 4.89. The van der Waals surface area contributed by atoms with Crippen molar-refractivity contribution in [2.45, 2.75) is 6.54 Å². The van der Waals surface area contributed by atoms with Gasteiger partial charge in [0.05, 0.1) is 27.5 Å². The number of hydrogen-bond acceptors (Lipinski definition) is 4. The van der Waals surface area contributed by atoms with E-state index >= 15 is 0 Å². The van der Waals surface area contributed by atoms with E-state index in [-0.39, 0.29) is 12.1 Å². The topological polar surface area (TPSA) is 37.8 Å². The molecule has 0 aliphatic carbocycles. The van der Waals surface area contributed by atoms with E-state index in [2.05, 4.69) is 14.1 Å². The molecule has 1 heterocycles. The molecule has 0 saturated carbocycles. The van der Waals surface area contributed by atoms with E-state index in [0.717, 1.165) is 17.8 Å². The molecule has 3 aromatic rings. The first-order valence-corrected chi connectivity index (χ1v) is 7.33. The molecule has 108 valence electrons. The molecule has 3 rings (SSSR count). The lowest BCUT2D eigenvalue weighted by Gasteiger charge is -2.10. The second-order valence-corrected chi connectivity index (χ2v) is 5.59. The van der Waals surface area contributed by atoms with Gasteiger partial charge in [-0.15, -0.1) is 0 Å². The van der Waals surface area contributed by atoms with Gasteiger partial charge in [-0.05, 0) is 12.1 Å². The van der Waals surface area contributed by atoms with Crippen LogP contribution in [-0.4, -0.2) is 8.75 Å². The Morgan fingerprint density at radius 2 is 1.86 bits per heavy atom. The van der Waals surface area contributed by atoms with Crippen LogP contribution in [-0.2, 0) is 6.54 Å². The molecular weight excluding hydrogens is 339 g/mol. The third kappa shape index (κ3) is 2.66. The molecule has 8 heteroatoms. The van der Waals surface area contributed by atoms with Crippen molar-refractivity contribution in [1.29, 1.82) is 0 Å². The highest BCUT2D eigenvalue weighted by molar-refractivity contribution is 7.00. The van der Waals surface area contributed by atoms with E-state index in [0.29, 0.717) is 26.8 Å². The number of halogens is 4. The van der Waals surface area contributed by atoms with E-state index in [9.17, 15) is 8.78 Å². The van der Waals surface area contributed by atoms with Gasteiger partial charge in [-0.1, -0.05) is 35.3 Å². The van der Waals surface area contributed by atoms with Crippen LogP contribution in [0.4, 0.5) is 14.5 Å². The van der Waals surface area contributed by atoms with Crippen molar-refractivity contribution in [2.75, 3.05) is 5.32 Å². The molecule has 3 nitrogen and oxygen atoms in total. The fraction of sp³-hybridized carbons (Fsp3) is 0.0769. The van der Waals surface area contributed by atoms with Crippen molar-refractivity contribution in [3.8, 4) is 0 Å². The zero-order valence-corrected chi connectivity index (χ0v) is 12.7. The number of rotatable bonds is 3. The molecule has 21 heavy (non-hydrogen) atoms. The van der Waals surface area contributed by atoms with Gasteiger partial charge in [0.1, 0.15) is 11.0 Å². The van der Waals surface area contributed by atoms with Gasteiger partial charge in [0.25, 0.3) is 0 Å². The van der Waals surface area contributed by atoms with Gasteiger partial charge in [0, 0.05) is 12.1 Å². The Bertz CT molecular complexity index is 823. The Morgan fingerprint density at radius 3 is 2.67 bits per heavy atom. The molecule has 0 amide bonds. The Hall–Kier alpha value is -1.50. The number of anilines is 1. The van der Waals surface area contributed by atoms with Crippen LogP contribution in [0.2, 0.25) is 10.0 Å². The zero-order chi connectivity index (χ0) is 15.0. The maximum absolute atomic E-state index is 13.6. The van der Waals surface area contributed by atoms with Crippen LogP contribution in [0, 0.1) is 11.6 Å². The van der Waals surface area contributed by atoms with Crippen molar-refractivity contribution < 1.29 is 8.78 Å². The lowest BCUT2D eigenvalue weighted by molar-refractivity contribution is 0.500. The Kier molecular flexibility index (Phi) is 3.93. The van der Waals surface area contributed by atoms with Gasteiger partial charge in [-0.3, -0.25) is 0 Å². The first-order valence-electron chi connectivity index (χ1n) is 5.85. The summed E-state index contributed by atoms with van der Waals surface area (Å²) in [5.74, 6) is -1.78. The third-order valence-corrected chi connectivity index (χ3v) is 4.05. The molecule has 0 unspecified atom stereocenters. The van der Waals surface area contributed by atoms with E-state index in [4.69, 9.17) is 23.2 Å². The van der Waals surface area contributed by atoms with Gasteiger partial charge in [0.15, 0.2) is 11.6 Å². The molecule has 1 N–H and O–H groups in total. The van der Waals surface area contributed by atoms with Crippen molar-refractivity contribution >= 4 is 51.7 Å². The summed E-state index contributed by atoms with van der Waals surface area (Å²) >= 11 is 13.1. The number of aromatic nitrogens is 2. The number of hydrogen-bond donors (Lipinski definition) is 1. The Morgan fingerprint density at radius 1 is 1.10 bits per heavy atom. The summed E-state index contributed by atoms with van der Waals surface area (Å²) in [7, 11) is 0. The van der Waals surface area contributed by atoms with Crippen molar-refractivity contribution in [1.82, 2.24) is 8.75 Å². The second kappa shape index (κ2) is 5.71. The third-order valence-electron chi connectivity index (χ3n) is 2.93. The van der Waals surface area contributed by atoms with Crippen molar-refractivity contribution in [3.05, 3.63) is 51.5 Å². The van der Waals surface area contributed by atoms with Crippen molar-refractivity contribution in [3.63, 3.8) is 0 Å². The van der Waals surface area contributed by atoms with Gasteiger partial charge < -0.3 is 5.32 Å². The second-order valence-electron chi connectivity index (χ2n) is 4.24. The minimum absolute atomic E-state index is 0.0670. The average molecular weight is 346 g/mol. The molecule has 0 aliphatic rings. The molecule has 1 aromatic heterocycles. The molecule has 0 spiro atoms. The smallest absolute Gasteiger partial charge is 0.163 e. The van der Waals surface area contributed by atoms with E-state index in [1.54, 1.807) is 0 Å². The van der Waals surface area contributed by atoms with Crippen LogP contribution in [0.1, 0.15) is 5.56 Å². The lowest BCUT2D eigenvalue weighted by Crippen LogP contribution is -2.04. The van der Waals surface area contributed by atoms with E-state index in [1.165, 1.54) is 18.2 Å². The largest absolute Gasteiger partial charge is 0.378 e. The van der Waals surface area contributed by atoms with Gasteiger partial charge >= 0.3 is 0 Å². The number of fused-ring (bicyclic) bond motifs is 1. The first-order chi connectivity index (χ1) is 10.1. The number of nitrogens with one attached hydrogen (secondary N) is 1. The molecule has 0 bridgehead atoms.